The molecule has 8 nitrogen and oxygen atoms in total. The Morgan fingerprint density at radius 3 is 2.22 bits per heavy atom. The number of hydrogen-bond acceptors (Lipinski definition) is 7. The quantitative estimate of drug-likeness (QED) is 0.277. The van der Waals surface area contributed by atoms with Crippen molar-refractivity contribution in [2.45, 2.75) is 16.7 Å². The maximum Gasteiger partial charge on any atom is 0.433 e. The molecule has 0 unspecified atom stereocenters. The molecule has 5 aromatic rings. The van der Waals surface area contributed by atoms with Crippen LogP contribution in [0.2, 0.25) is 5.02 Å². The summed E-state index contributed by atoms with van der Waals surface area (Å²) in [5.41, 5.74) is -1.12. The van der Waals surface area contributed by atoms with Gasteiger partial charge in [0.15, 0.2) is 15.4 Å². The number of benzene rings is 2. The summed E-state index contributed by atoms with van der Waals surface area (Å²) in [4.78, 5) is 12.3. The Balaban J connectivity index is 1.73. The number of nitrogens with zero attached hydrogens (tertiary/aromatic N) is 4. The molecule has 0 radical (unpaired) electrons. The van der Waals surface area contributed by atoms with Gasteiger partial charge >= 0.3 is 6.18 Å². The molecule has 0 aliphatic carbocycles. The lowest BCUT2D eigenvalue weighted by molar-refractivity contribution is -0.141. The minimum absolute atomic E-state index is 0.0719. The number of imidazole rings is 1. The first-order valence-corrected chi connectivity index (χ1v) is 14.2. The molecular formula is C28H22ClF3N4O4S. The number of alkyl halides is 3. The van der Waals surface area contributed by atoms with Crippen LogP contribution < -0.4 is 4.74 Å². The summed E-state index contributed by atoms with van der Waals surface area (Å²) in [5.74, 6) is 0.191. The van der Waals surface area contributed by atoms with Gasteiger partial charge in [0, 0.05) is 30.4 Å². The predicted octanol–water partition coefficient (Wildman–Crippen LogP) is 5.40. The first kappa shape index (κ1) is 28.5. The van der Waals surface area contributed by atoms with E-state index in [-0.39, 0.29) is 32.6 Å². The third-order valence-corrected chi connectivity index (χ3v) is 8.25. The molecule has 0 aliphatic rings. The fraction of sp³-hybridized carbons (Fsp3) is 0.179. The summed E-state index contributed by atoms with van der Waals surface area (Å²) in [6.45, 7) is 0. The van der Waals surface area contributed by atoms with E-state index in [1.165, 1.54) is 31.8 Å². The number of hydrogen-bond donors (Lipinski definition) is 1. The summed E-state index contributed by atoms with van der Waals surface area (Å²) in [5, 5.41) is 12.8. The molecule has 0 amide bonds. The number of ether oxygens (including phenoxy) is 1. The van der Waals surface area contributed by atoms with Crippen LogP contribution in [0.4, 0.5) is 13.2 Å². The zero-order chi connectivity index (χ0) is 29.7. The molecule has 0 fully saturated rings. The van der Waals surface area contributed by atoms with Crippen molar-refractivity contribution in [1.29, 1.82) is 0 Å². The minimum Gasteiger partial charge on any atom is -0.480 e. The van der Waals surface area contributed by atoms with Crippen molar-refractivity contribution < 1.29 is 31.4 Å². The second-order valence-corrected chi connectivity index (χ2v) is 11.8. The van der Waals surface area contributed by atoms with Crippen LogP contribution in [0.5, 0.6) is 5.88 Å². The highest BCUT2D eigenvalue weighted by atomic mass is 35.5. The predicted molar refractivity (Wildman–Crippen MR) is 146 cm³/mol. The van der Waals surface area contributed by atoms with Crippen molar-refractivity contribution >= 4 is 32.3 Å². The monoisotopic (exact) mass is 602 g/mol. The highest BCUT2D eigenvalue weighted by Crippen LogP contribution is 2.43. The van der Waals surface area contributed by atoms with Crippen molar-refractivity contribution in [3.8, 4) is 17.0 Å². The van der Waals surface area contributed by atoms with Crippen LogP contribution in [-0.2, 0) is 28.7 Å². The molecular weight excluding hydrogens is 581 g/mol. The van der Waals surface area contributed by atoms with Crippen molar-refractivity contribution in [1.82, 2.24) is 19.5 Å². The molecule has 0 bridgehead atoms. The molecule has 0 saturated carbocycles. The average Bonchev–Trinajstić information content (AvgIpc) is 3.37. The molecule has 3 aromatic heterocycles. The highest BCUT2D eigenvalue weighted by molar-refractivity contribution is 7.90. The summed E-state index contributed by atoms with van der Waals surface area (Å²) in [6, 6.07) is 12.8. The molecule has 3 heterocycles. The van der Waals surface area contributed by atoms with Gasteiger partial charge in [-0.25, -0.2) is 18.4 Å². The summed E-state index contributed by atoms with van der Waals surface area (Å²) < 4.78 is 70.5. The Bertz CT molecular complexity index is 1880. The maximum atomic E-state index is 13.2. The van der Waals surface area contributed by atoms with Crippen LogP contribution in [0, 0.1) is 0 Å². The lowest BCUT2D eigenvalue weighted by atomic mass is 9.83. The van der Waals surface area contributed by atoms with E-state index >= 15 is 0 Å². The Hall–Kier alpha value is -4.00. The van der Waals surface area contributed by atoms with E-state index in [1.807, 2.05) is 0 Å². The average molecular weight is 603 g/mol. The largest absolute Gasteiger partial charge is 0.480 e. The molecule has 1 atom stereocenters. The van der Waals surface area contributed by atoms with Crippen LogP contribution in [0.1, 0.15) is 22.5 Å². The standard InChI is InChI=1S/C28H22ClF3N4O4S/c1-36-15-33-14-23(36)27(37,18-7-11-22(34-13-18)28(30,31)32)17-6-10-21-20(12-17)25(29)24(26(35-21)40-2)16-4-8-19(9-5-16)41(3,38)39/h4-15,37H,1-3H3/t27-/m0/s1. The number of aromatic nitrogens is 4. The van der Waals surface area contributed by atoms with Gasteiger partial charge in [0.25, 0.3) is 0 Å². The van der Waals surface area contributed by atoms with Gasteiger partial charge in [-0.05, 0) is 41.5 Å². The number of fused-ring (bicyclic) bond motifs is 1. The summed E-state index contributed by atoms with van der Waals surface area (Å²) >= 11 is 6.91. The van der Waals surface area contributed by atoms with Gasteiger partial charge in [-0.2, -0.15) is 13.2 Å². The number of methoxy groups -OCH3 is 1. The molecule has 5 rings (SSSR count). The van der Waals surface area contributed by atoms with Crippen molar-refractivity contribution in [3.05, 3.63) is 101 Å². The second-order valence-electron chi connectivity index (χ2n) is 9.37. The normalized spacial score (nSPS) is 13.8. The summed E-state index contributed by atoms with van der Waals surface area (Å²) in [7, 11) is -0.364. The number of sulfone groups is 1. The number of pyridine rings is 2. The van der Waals surface area contributed by atoms with Crippen LogP contribution in [-0.4, -0.2) is 46.4 Å². The highest BCUT2D eigenvalue weighted by Gasteiger charge is 2.39. The van der Waals surface area contributed by atoms with E-state index in [4.69, 9.17) is 16.3 Å². The van der Waals surface area contributed by atoms with Crippen molar-refractivity contribution in [3.63, 3.8) is 0 Å². The molecule has 0 aliphatic heterocycles. The van der Waals surface area contributed by atoms with E-state index < -0.39 is 27.3 Å². The van der Waals surface area contributed by atoms with E-state index in [9.17, 15) is 26.7 Å². The zero-order valence-corrected chi connectivity index (χ0v) is 23.4. The van der Waals surface area contributed by atoms with Crippen molar-refractivity contribution in [2.24, 2.45) is 7.05 Å². The van der Waals surface area contributed by atoms with Gasteiger partial charge in [-0.15, -0.1) is 0 Å². The molecule has 0 spiro atoms. The Morgan fingerprint density at radius 2 is 1.68 bits per heavy atom. The minimum atomic E-state index is -4.65. The first-order valence-electron chi connectivity index (χ1n) is 12.0. The van der Waals surface area contributed by atoms with Crippen molar-refractivity contribution in [2.75, 3.05) is 13.4 Å². The summed E-state index contributed by atoms with van der Waals surface area (Å²) in [6.07, 6.45) is 0.286. The van der Waals surface area contributed by atoms with Gasteiger partial charge in [0.05, 0.1) is 46.3 Å². The van der Waals surface area contributed by atoms with Gasteiger partial charge in [0.2, 0.25) is 5.88 Å². The number of rotatable bonds is 6. The molecule has 212 valence electrons. The maximum absolute atomic E-state index is 13.2. The number of aliphatic hydroxyl groups is 1. The molecule has 41 heavy (non-hydrogen) atoms. The van der Waals surface area contributed by atoms with Gasteiger partial charge in [-0.1, -0.05) is 35.9 Å². The van der Waals surface area contributed by atoms with Gasteiger partial charge in [0.1, 0.15) is 5.69 Å². The fourth-order valence-corrected chi connectivity index (χ4v) is 5.61. The third-order valence-electron chi connectivity index (χ3n) is 6.73. The van der Waals surface area contributed by atoms with Crippen LogP contribution in [0.25, 0.3) is 22.0 Å². The lowest BCUT2D eigenvalue weighted by Gasteiger charge is -2.30. The lowest BCUT2D eigenvalue weighted by Crippen LogP contribution is -2.31. The Kier molecular flexibility index (Phi) is 7.04. The smallest absolute Gasteiger partial charge is 0.433 e. The topological polar surface area (TPSA) is 107 Å². The molecule has 2 aromatic carbocycles. The molecule has 13 heteroatoms. The van der Waals surface area contributed by atoms with E-state index in [0.717, 1.165) is 24.6 Å². The van der Waals surface area contributed by atoms with E-state index in [2.05, 4.69) is 15.0 Å². The second kappa shape index (κ2) is 10.1. The van der Waals surface area contributed by atoms with Gasteiger partial charge < -0.3 is 14.4 Å². The fourth-order valence-electron chi connectivity index (χ4n) is 4.64. The van der Waals surface area contributed by atoms with Crippen LogP contribution in [0.15, 0.2) is 78.2 Å². The van der Waals surface area contributed by atoms with E-state index in [1.54, 1.807) is 41.9 Å². The number of aryl methyl sites for hydroxylation is 1. The third kappa shape index (κ3) is 5.03. The SMILES string of the molecule is COc1nc2ccc([C@](O)(c3ccc(C(F)(F)F)nc3)c3cncn3C)cc2c(Cl)c1-c1ccc(S(C)(=O)=O)cc1. The Labute approximate surface area is 238 Å². The zero-order valence-electron chi connectivity index (χ0n) is 21.8. The Morgan fingerprint density at radius 1 is 1.00 bits per heavy atom. The van der Waals surface area contributed by atoms with Crippen LogP contribution in [0.3, 0.4) is 0 Å². The molecule has 1 N–H and O–H groups in total. The molecule has 0 saturated heterocycles. The van der Waals surface area contributed by atoms with Gasteiger partial charge in [-0.3, -0.25) is 4.98 Å². The first-order chi connectivity index (χ1) is 19.2. The number of halogens is 4. The van der Waals surface area contributed by atoms with E-state index in [0.29, 0.717) is 22.0 Å². The van der Waals surface area contributed by atoms with Crippen LogP contribution >= 0.6 is 11.6 Å².